The molecular weight excluding hydrogens is 291 g/mol. The zero-order valence-electron chi connectivity index (χ0n) is 11.8. The van der Waals surface area contributed by atoms with E-state index in [1.807, 2.05) is 26.0 Å². The van der Waals surface area contributed by atoms with Crippen molar-refractivity contribution >= 4 is 21.4 Å². The van der Waals surface area contributed by atoms with Gasteiger partial charge in [-0.3, -0.25) is 4.72 Å². The number of halogens is 1. The van der Waals surface area contributed by atoms with Gasteiger partial charge in [-0.2, -0.15) is 0 Å². The van der Waals surface area contributed by atoms with Gasteiger partial charge in [-0.25, -0.2) is 12.8 Å². The molecule has 0 heterocycles. The van der Waals surface area contributed by atoms with Crippen molar-refractivity contribution in [2.24, 2.45) is 0 Å². The van der Waals surface area contributed by atoms with Gasteiger partial charge in [0.15, 0.2) is 0 Å². The van der Waals surface area contributed by atoms with Gasteiger partial charge in [0, 0.05) is 5.69 Å². The van der Waals surface area contributed by atoms with Crippen molar-refractivity contribution < 1.29 is 12.8 Å². The fraction of sp³-hybridized carbons (Fsp3) is 0.200. The summed E-state index contributed by atoms with van der Waals surface area (Å²) in [6, 6.07) is 10.3. The monoisotopic (exact) mass is 308 g/mol. The second kappa shape index (κ2) is 5.73. The predicted octanol–water partition coefficient (Wildman–Crippen LogP) is 3.33. The topological polar surface area (TPSA) is 72.2 Å². The number of nitrogen functional groups attached to an aromatic ring is 1. The Morgan fingerprint density at radius 1 is 1.14 bits per heavy atom. The summed E-state index contributed by atoms with van der Waals surface area (Å²) < 4.78 is 40.5. The molecule has 0 aliphatic heterocycles. The molecule has 2 aromatic rings. The zero-order valence-corrected chi connectivity index (χ0v) is 12.6. The fourth-order valence-electron chi connectivity index (χ4n) is 2.04. The summed E-state index contributed by atoms with van der Waals surface area (Å²) >= 11 is 0. The molecule has 0 unspecified atom stereocenters. The Balaban J connectivity index is 2.42. The van der Waals surface area contributed by atoms with Gasteiger partial charge in [-0.15, -0.1) is 0 Å². The molecule has 112 valence electrons. The lowest BCUT2D eigenvalue weighted by Crippen LogP contribution is -2.15. The number of sulfonamides is 1. The smallest absolute Gasteiger partial charge is 0.262 e. The number of anilines is 2. The van der Waals surface area contributed by atoms with Crippen molar-refractivity contribution in [3.63, 3.8) is 0 Å². The third-order valence-electron chi connectivity index (χ3n) is 3.03. The minimum Gasteiger partial charge on any atom is -0.399 e. The number of nitrogens with two attached hydrogens (primary N) is 1. The summed E-state index contributed by atoms with van der Waals surface area (Å²) in [5.41, 5.74) is 6.91. The van der Waals surface area contributed by atoms with Gasteiger partial charge in [0.2, 0.25) is 0 Å². The van der Waals surface area contributed by atoms with Crippen molar-refractivity contribution in [3.05, 3.63) is 53.8 Å². The second-order valence-corrected chi connectivity index (χ2v) is 6.75. The molecule has 0 bridgehead atoms. The molecule has 2 rings (SSSR count). The highest BCUT2D eigenvalue weighted by Gasteiger charge is 2.18. The van der Waals surface area contributed by atoms with Crippen LogP contribution in [0.15, 0.2) is 47.4 Å². The maximum absolute atomic E-state index is 13.3. The van der Waals surface area contributed by atoms with E-state index < -0.39 is 15.8 Å². The first-order chi connectivity index (χ1) is 9.79. The van der Waals surface area contributed by atoms with Crippen LogP contribution in [0.1, 0.15) is 25.3 Å². The van der Waals surface area contributed by atoms with Gasteiger partial charge in [0.25, 0.3) is 10.0 Å². The van der Waals surface area contributed by atoms with Gasteiger partial charge >= 0.3 is 0 Å². The minimum atomic E-state index is -3.88. The van der Waals surface area contributed by atoms with Gasteiger partial charge < -0.3 is 5.73 Å². The molecule has 0 aliphatic carbocycles. The lowest BCUT2D eigenvalue weighted by atomic mass is 10.0. The summed E-state index contributed by atoms with van der Waals surface area (Å²) in [4.78, 5) is -0.196. The first-order valence-electron chi connectivity index (χ1n) is 6.47. The van der Waals surface area contributed by atoms with E-state index in [1.54, 1.807) is 12.1 Å². The highest BCUT2D eigenvalue weighted by Crippen LogP contribution is 2.26. The number of rotatable bonds is 4. The average Bonchev–Trinajstić information content (AvgIpc) is 2.37. The largest absolute Gasteiger partial charge is 0.399 e. The molecule has 0 fully saturated rings. The second-order valence-electron chi connectivity index (χ2n) is 5.07. The number of hydrogen-bond acceptors (Lipinski definition) is 3. The predicted molar refractivity (Wildman–Crippen MR) is 82.2 cm³/mol. The molecule has 0 spiro atoms. The van der Waals surface area contributed by atoms with Crippen LogP contribution in [0.25, 0.3) is 0 Å². The molecule has 6 heteroatoms. The Morgan fingerprint density at radius 3 is 2.43 bits per heavy atom. The van der Waals surface area contributed by atoms with Gasteiger partial charge in [0.05, 0.1) is 10.6 Å². The van der Waals surface area contributed by atoms with Crippen LogP contribution in [0.4, 0.5) is 15.8 Å². The third kappa shape index (κ3) is 3.52. The molecule has 3 N–H and O–H groups in total. The van der Waals surface area contributed by atoms with E-state index in [4.69, 9.17) is 5.73 Å². The highest BCUT2D eigenvalue weighted by atomic mass is 32.2. The number of hydrogen-bond donors (Lipinski definition) is 2. The third-order valence-corrected chi connectivity index (χ3v) is 4.38. The molecule has 0 radical (unpaired) electrons. The maximum atomic E-state index is 13.3. The van der Waals surface area contributed by atoms with Crippen LogP contribution in [0.3, 0.4) is 0 Å². The quantitative estimate of drug-likeness (QED) is 0.851. The summed E-state index contributed by atoms with van der Waals surface area (Å²) in [6.45, 7) is 3.93. The van der Waals surface area contributed by atoms with E-state index in [-0.39, 0.29) is 16.5 Å². The Labute approximate surface area is 123 Å². The highest BCUT2D eigenvalue weighted by molar-refractivity contribution is 7.92. The zero-order chi connectivity index (χ0) is 15.6. The molecule has 21 heavy (non-hydrogen) atoms. The van der Waals surface area contributed by atoms with Gasteiger partial charge in [-0.1, -0.05) is 32.0 Å². The molecular formula is C15H17FN2O2S. The van der Waals surface area contributed by atoms with Crippen molar-refractivity contribution in [3.8, 4) is 0 Å². The Kier molecular flexibility index (Phi) is 4.18. The molecule has 0 saturated carbocycles. The lowest BCUT2D eigenvalue weighted by molar-refractivity contribution is 0.595. The average molecular weight is 308 g/mol. The summed E-state index contributed by atoms with van der Waals surface area (Å²) in [7, 11) is -3.88. The van der Waals surface area contributed by atoms with E-state index in [1.165, 1.54) is 6.07 Å². The summed E-state index contributed by atoms with van der Waals surface area (Å²) in [5, 5.41) is 0. The van der Waals surface area contributed by atoms with Crippen LogP contribution in [0, 0.1) is 5.82 Å². The molecule has 0 aliphatic rings. The minimum absolute atomic E-state index is 0.0625. The van der Waals surface area contributed by atoms with Crippen molar-refractivity contribution in [2.45, 2.75) is 24.7 Å². The molecule has 4 nitrogen and oxygen atoms in total. The maximum Gasteiger partial charge on any atom is 0.262 e. The van der Waals surface area contributed by atoms with E-state index in [0.29, 0.717) is 5.69 Å². The summed E-state index contributed by atoms with van der Waals surface area (Å²) in [6.07, 6.45) is 0. The SMILES string of the molecule is CC(C)c1ccccc1NS(=O)(=O)c1cc(N)cc(F)c1. The standard InChI is InChI=1S/C15H17FN2O2S/c1-10(2)14-5-3-4-6-15(14)18-21(19,20)13-8-11(16)7-12(17)9-13/h3-10,18H,17H2,1-2H3. The van der Waals surface area contributed by atoms with Crippen LogP contribution in [-0.2, 0) is 10.0 Å². The van der Waals surface area contributed by atoms with Gasteiger partial charge in [-0.05, 0) is 35.7 Å². The number of nitrogens with one attached hydrogen (secondary N) is 1. The fourth-order valence-corrected chi connectivity index (χ4v) is 3.19. The van der Waals surface area contributed by atoms with E-state index in [9.17, 15) is 12.8 Å². The lowest BCUT2D eigenvalue weighted by Gasteiger charge is -2.15. The van der Waals surface area contributed by atoms with Crippen LogP contribution in [0.5, 0.6) is 0 Å². The van der Waals surface area contributed by atoms with Crippen molar-refractivity contribution in [2.75, 3.05) is 10.5 Å². The van der Waals surface area contributed by atoms with Crippen LogP contribution in [-0.4, -0.2) is 8.42 Å². The molecule has 0 aromatic heterocycles. The number of para-hydroxylation sites is 1. The van der Waals surface area contributed by atoms with Crippen molar-refractivity contribution in [1.29, 1.82) is 0 Å². The van der Waals surface area contributed by atoms with Crippen LogP contribution < -0.4 is 10.5 Å². The first kappa shape index (κ1) is 15.3. The Bertz CT molecular complexity index is 738. The van der Waals surface area contributed by atoms with Crippen molar-refractivity contribution in [1.82, 2.24) is 0 Å². The first-order valence-corrected chi connectivity index (χ1v) is 7.96. The summed E-state index contributed by atoms with van der Waals surface area (Å²) in [5.74, 6) is -0.533. The molecule has 2 aromatic carbocycles. The Hall–Kier alpha value is -2.08. The normalized spacial score (nSPS) is 11.6. The number of benzene rings is 2. The van der Waals surface area contributed by atoms with E-state index in [0.717, 1.165) is 17.7 Å². The van der Waals surface area contributed by atoms with E-state index in [2.05, 4.69) is 4.72 Å². The van der Waals surface area contributed by atoms with Crippen LogP contribution >= 0.6 is 0 Å². The molecule has 0 atom stereocenters. The van der Waals surface area contributed by atoms with E-state index >= 15 is 0 Å². The van der Waals surface area contributed by atoms with Crippen LogP contribution in [0.2, 0.25) is 0 Å². The molecule has 0 saturated heterocycles. The van der Waals surface area contributed by atoms with Gasteiger partial charge in [0.1, 0.15) is 5.82 Å². The Morgan fingerprint density at radius 2 is 1.81 bits per heavy atom. The molecule has 0 amide bonds.